The molecule has 0 aromatic carbocycles. The highest BCUT2D eigenvalue weighted by molar-refractivity contribution is 6.20. The maximum atomic E-state index is 5.96. The van der Waals surface area contributed by atoms with Crippen LogP contribution in [-0.2, 0) is 0 Å². The second-order valence-electron chi connectivity index (χ2n) is 2.69. The van der Waals surface area contributed by atoms with Gasteiger partial charge in [-0.25, -0.2) is 0 Å². The average molecular weight is 148 g/mol. The molecular formula is C8H16Cl. The lowest BCUT2D eigenvalue weighted by molar-refractivity contribution is 0.586. The van der Waals surface area contributed by atoms with Crippen LogP contribution in [0.5, 0.6) is 0 Å². The molecule has 55 valence electrons. The summed E-state index contributed by atoms with van der Waals surface area (Å²) < 4.78 is 0. The number of halogens is 1. The van der Waals surface area contributed by atoms with Crippen LogP contribution in [0.25, 0.3) is 0 Å². The van der Waals surface area contributed by atoms with Crippen LogP contribution in [0.15, 0.2) is 0 Å². The van der Waals surface area contributed by atoms with Crippen LogP contribution >= 0.6 is 11.6 Å². The highest BCUT2D eigenvalue weighted by atomic mass is 35.5. The van der Waals surface area contributed by atoms with E-state index < -0.39 is 0 Å². The molecule has 0 aromatic rings. The molecule has 0 rings (SSSR count). The van der Waals surface area contributed by atoms with Gasteiger partial charge in [0.25, 0.3) is 0 Å². The molecule has 0 saturated carbocycles. The minimum Gasteiger partial charge on any atom is -0.123 e. The van der Waals surface area contributed by atoms with Crippen molar-refractivity contribution in [3.8, 4) is 0 Å². The Bertz CT molecular complexity index is 59.6. The highest BCUT2D eigenvalue weighted by Crippen LogP contribution is 2.15. The number of hydrogen-bond donors (Lipinski definition) is 0. The molecule has 0 aliphatic heterocycles. The van der Waals surface area contributed by atoms with Crippen molar-refractivity contribution in [2.24, 2.45) is 5.92 Å². The molecule has 0 bridgehead atoms. The monoisotopic (exact) mass is 147 g/mol. The van der Waals surface area contributed by atoms with Crippen molar-refractivity contribution in [3.63, 3.8) is 0 Å². The van der Waals surface area contributed by atoms with Crippen molar-refractivity contribution in [1.29, 1.82) is 0 Å². The van der Waals surface area contributed by atoms with E-state index in [1.807, 2.05) is 0 Å². The normalized spacial score (nSPS) is 14.3. The van der Waals surface area contributed by atoms with Crippen LogP contribution in [0.2, 0.25) is 0 Å². The van der Waals surface area contributed by atoms with E-state index in [-0.39, 0.29) is 0 Å². The van der Waals surface area contributed by atoms with Crippen LogP contribution in [-0.4, -0.2) is 5.38 Å². The minimum absolute atomic E-state index is 0.338. The highest BCUT2D eigenvalue weighted by Gasteiger charge is 2.07. The predicted molar refractivity (Wildman–Crippen MR) is 43.7 cm³/mol. The molecule has 1 radical (unpaired) electrons. The van der Waals surface area contributed by atoms with Gasteiger partial charge in [0.2, 0.25) is 0 Å². The first-order chi connectivity index (χ1) is 4.18. The topological polar surface area (TPSA) is 0 Å². The molecule has 0 aliphatic carbocycles. The van der Waals surface area contributed by atoms with Gasteiger partial charge in [0.15, 0.2) is 0 Å². The summed E-state index contributed by atoms with van der Waals surface area (Å²) in [5, 5.41) is 0.338. The van der Waals surface area contributed by atoms with Gasteiger partial charge in [0.05, 0.1) is 0 Å². The lowest BCUT2D eigenvalue weighted by atomic mass is 10.1. The van der Waals surface area contributed by atoms with Crippen molar-refractivity contribution >= 4 is 11.6 Å². The fourth-order valence-electron chi connectivity index (χ4n) is 0.598. The molecule has 0 heterocycles. The van der Waals surface area contributed by atoms with Crippen LogP contribution in [0.4, 0.5) is 0 Å². The van der Waals surface area contributed by atoms with Gasteiger partial charge in [-0.3, -0.25) is 0 Å². The molecule has 1 heteroatoms. The Morgan fingerprint density at radius 3 is 2.33 bits per heavy atom. The van der Waals surface area contributed by atoms with Gasteiger partial charge >= 0.3 is 0 Å². The lowest BCUT2D eigenvalue weighted by Gasteiger charge is -2.11. The Kier molecular flexibility index (Phi) is 5.27. The van der Waals surface area contributed by atoms with Crippen molar-refractivity contribution in [2.45, 2.75) is 39.0 Å². The van der Waals surface area contributed by atoms with Crippen molar-refractivity contribution in [1.82, 2.24) is 0 Å². The first kappa shape index (κ1) is 9.29. The molecule has 0 spiro atoms. The zero-order chi connectivity index (χ0) is 7.28. The first-order valence-corrected chi connectivity index (χ1v) is 4.07. The van der Waals surface area contributed by atoms with Gasteiger partial charge in [-0.1, -0.05) is 27.2 Å². The number of hydrogen-bond acceptors (Lipinski definition) is 0. The maximum absolute atomic E-state index is 5.96. The van der Waals surface area contributed by atoms with Gasteiger partial charge in [0, 0.05) is 5.38 Å². The number of alkyl halides is 1. The summed E-state index contributed by atoms with van der Waals surface area (Å²) in [5.74, 6) is 0.606. The lowest BCUT2D eigenvalue weighted by Crippen LogP contribution is -2.06. The summed E-state index contributed by atoms with van der Waals surface area (Å²) in [4.78, 5) is 0. The van der Waals surface area contributed by atoms with E-state index in [9.17, 15) is 0 Å². The Labute approximate surface area is 63.6 Å². The van der Waals surface area contributed by atoms with E-state index >= 15 is 0 Å². The molecule has 0 fully saturated rings. The standard InChI is InChI=1S/C8H16Cl/c1-4-5-6-8(9)7(2)3/h5,7-8H,4,6H2,1-3H3. The van der Waals surface area contributed by atoms with E-state index in [2.05, 4.69) is 27.2 Å². The Morgan fingerprint density at radius 2 is 2.00 bits per heavy atom. The van der Waals surface area contributed by atoms with E-state index in [0.29, 0.717) is 11.3 Å². The molecule has 9 heavy (non-hydrogen) atoms. The Hall–Kier alpha value is 0.290. The smallest absolute Gasteiger partial charge is 0.0361 e. The second-order valence-corrected chi connectivity index (χ2v) is 3.25. The third kappa shape index (κ3) is 4.77. The quantitative estimate of drug-likeness (QED) is 0.536. The fraction of sp³-hybridized carbons (Fsp3) is 0.875. The van der Waals surface area contributed by atoms with Crippen molar-refractivity contribution < 1.29 is 0 Å². The van der Waals surface area contributed by atoms with E-state index in [1.54, 1.807) is 0 Å². The number of unbranched alkanes of at least 4 members (excludes halogenated alkanes) is 1. The third-order valence-electron chi connectivity index (χ3n) is 1.40. The van der Waals surface area contributed by atoms with Crippen molar-refractivity contribution in [2.75, 3.05) is 0 Å². The molecular weight excluding hydrogens is 132 g/mol. The summed E-state index contributed by atoms with van der Waals surface area (Å²) in [7, 11) is 0. The molecule has 0 saturated heterocycles. The van der Waals surface area contributed by atoms with Gasteiger partial charge in [0.1, 0.15) is 0 Å². The molecule has 0 aromatic heterocycles. The van der Waals surface area contributed by atoms with Crippen LogP contribution in [0.3, 0.4) is 0 Å². The van der Waals surface area contributed by atoms with Crippen molar-refractivity contribution in [3.05, 3.63) is 6.42 Å². The third-order valence-corrected chi connectivity index (χ3v) is 2.09. The summed E-state index contributed by atoms with van der Waals surface area (Å²) in [6.07, 6.45) is 4.42. The molecule has 0 aliphatic rings. The van der Waals surface area contributed by atoms with E-state index in [4.69, 9.17) is 11.6 Å². The summed E-state index contributed by atoms with van der Waals surface area (Å²) in [5.41, 5.74) is 0. The number of rotatable bonds is 4. The van der Waals surface area contributed by atoms with E-state index in [0.717, 1.165) is 12.8 Å². The van der Waals surface area contributed by atoms with Crippen LogP contribution in [0.1, 0.15) is 33.6 Å². The molecule has 1 unspecified atom stereocenters. The summed E-state index contributed by atoms with van der Waals surface area (Å²) >= 11 is 5.96. The van der Waals surface area contributed by atoms with Gasteiger partial charge in [-0.15, -0.1) is 11.6 Å². The second kappa shape index (κ2) is 5.10. The van der Waals surface area contributed by atoms with Gasteiger partial charge in [-0.05, 0) is 18.8 Å². The fourth-order valence-corrected chi connectivity index (χ4v) is 0.724. The summed E-state index contributed by atoms with van der Waals surface area (Å²) in [6, 6.07) is 0. The average Bonchev–Trinajstić information content (AvgIpc) is 1.82. The van der Waals surface area contributed by atoms with E-state index in [1.165, 1.54) is 0 Å². The van der Waals surface area contributed by atoms with Crippen LogP contribution < -0.4 is 0 Å². The van der Waals surface area contributed by atoms with Crippen LogP contribution in [0, 0.1) is 12.3 Å². The predicted octanol–water partition coefficient (Wildman–Crippen LogP) is 3.25. The first-order valence-electron chi connectivity index (χ1n) is 3.64. The maximum Gasteiger partial charge on any atom is 0.0361 e. The summed E-state index contributed by atoms with van der Waals surface area (Å²) in [6.45, 7) is 6.45. The molecule has 0 nitrogen and oxygen atoms in total. The SMILES string of the molecule is CC[CH]CC(Cl)C(C)C. The minimum atomic E-state index is 0.338. The molecule has 0 N–H and O–H groups in total. The molecule has 1 atom stereocenters. The Balaban J connectivity index is 3.16. The molecule has 0 amide bonds. The Morgan fingerprint density at radius 1 is 1.44 bits per heavy atom. The van der Waals surface area contributed by atoms with Gasteiger partial charge in [-0.2, -0.15) is 0 Å². The zero-order valence-electron chi connectivity index (χ0n) is 6.52. The zero-order valence-corrected chi connectivity index (χ0v) is 7.28. The van der Waals surface area contributed by atoms with Gasteiger partial charge < -0.3 is 0 Å². The largest absolute Gasteiger partial charge is 0.123 e.